The van der Waals surface area contributed by atoms with Gasteiger partial charge in [-0.05, 0) is 34.4 Å². The molecule has 0 aliphatic carbocycles. The van der Waals surface area contributed by atoms with Crippen molar-refractivity contribution < 1.29 is 17.5 Å². The Morgan fingerprint density at radius 1 is 0.792 bits per heavy atom. The minimum Gasteiger partial charge on any atom is -0.333 e. The molecule has 0 aliphatic heterocycles. The Kier molecular flexibility index (Phi) is 8.13. The zero-order valence-corrected chi connectivity index (χ0v) is 17.8. The Morgan fingerprint density at radius 3 is 1.25 bits per heavy atom. The van der Waals surface area contributed by atoms with Gasteiger partial charge in [0.1, 0.15) is 4.90 Å². The molecular formula is C19H36NO3S+. The number of hydrogen-bond acceptors (Lipinski definition) is 2. The largest absolute Gasteiger partial charge is 0.333 e. The molecule has 0 atom stereocenters. The van der Waals surface area contributed by atoms with E-state index in [1.165, 1.54) is 0 Å². The third-order valence-corrected chi connectivity index (χ3v) is 4.32. The lowest BCUT2D eigenvalue weighted by molar-refractivity contribution is -0.849. The van der Waals surface area contributed by atoms with E-state index in [-0.39, 0.29) is 16.7 Å². The van der Waals surface area contributed by atoms with Gasteiger partial charge >= 0.3 is 0 Å². The van der Waals surface area contributed by atoms with Crippen LogP contribution in [0.15, 0.2) is 17.0 Å². The third kappa shape index (κ3) is 7.77. The lowest BCUT2D eigenvalue weighted by atomic mass is 9.89. The lowest BCUT2D eigenvalue weighted by Crippen LogP contribution is -2.27. The predicted molar refractivity (Wildman–Crippen MR) is 102 cm³/mol. The summed E-state index contributed by atoms with van der Waals surface area (Å²) in [6.07, 6.45) is 0. The van der Waals surface area contributed by atoms with Crippen molar-refractivity contribution in [3.63, 3.8) is 0 Å². The number of hydrogen-bond donors (Lipinski definition) is 1. The zero-order chi connectivity index (χ0) is 19.5. The van der Waals surface area contributed by atoms with E-state index >= 15 is 0 Å². The topological polar surface area (TPSA) is 54.4 Å². The van der Waals surface area contributed by atoms with Crippen LogP contribution in [0.2, 0.25) is 0 Å². The smallest absolute Gasteiger partial charge is 0.295 e. The second-order valence-corrected chi connectivity index (χ2v) is 10.0. The van der Waals surface area contributed by atoms with E-state index in [0.717, 1.165) is 10.0 Å². The maximum absolute atomic E-state index is 11.7. The van der Waals surface area contributed by atoms with E-state index in [2.05, 4.69) is 42.0 Å². The van der Waals surface area contributed by atoms with Gasteiger partial charge in [-0.15, -0.1) is 0 Å². The van der Waals surface area contributed by atoms with Gasteiger partial charge in [-0.3, -0.25) is 4.55 Å². The highest BCUT2D eigenvalue weighted by Gasteiger charge is 2.25. The van der Waals surface area contributed by atoms with Crippen LogP contribution in [0.5, 0.6) is 0 Å². The first-order valence-electron chi connectivity index (χ1n) is 8.49. The van der Waals surface area contributed by atoms with Crippen LogP contribution in [-0.4, -0.2) is 45.6 Å². The van der Waals surface area contributed by atoms with E-state index < -0.39 is 10.1 Å². The van der Waals surface area contributed by atoms with Crippen molar-refractivity contribution in [1.29, 1.82) is 0 Å². The molecule has 0 unspecified atom stereocenters. The molecular weight excluding hydrogens is 322 g/mol. The van der Waals surface area contributed by atoms with E-state index in [1.54, 1.807) is 0 Å². The standard InChI is InChI=1S/C15H24O3S.C4H12N/c1-9(2)12-7-13(10(3)4)15(19(16,17)18)14(8-12)11(5)6;1-5(2,3)4/h7-11H,1-6H3,(H,16,17,18);1-4H3/q;+1. The molecule has 4 nitrogen and oxygen atoms in total. The van der Waals surface area contributed by atoms with Crippen molar-refractivity contribution in [2.75, 3.05) is 28.2 Å². The van der Waals surface area contributed by atoms with E-state index in [4.69, 9.17) is 0 Å². The summed E-state index contributed by atoms with van der Waals surface area (Å²) in [5.74, 6) is 0.423. The maximum Gasteiger partial charge on any atom is 0.295 e. The molecule has 0 heterocycles. The zero-order valence-electron chi connectivity index (χ0n) is 17.0. The lowest BCUT2D eigenvalue weighted by Gasteiger charge is -2.20. The van der Waals surface area contributed by atoms with Crippen molar-refractivity contribution >= 4 is 10.1 Å². The van der Waals surface area contributed by atoms with Crippen LogP contribution in [0.25, 0.3) is 0 Å². The third-order valence-electron chi connectivity index (χ3n) is 3.34. The van der Waals surface area contributed by atoms with Gasteiger partial charge in [0, 0.05) is 0 Å². The summed E-state index contributed by atoms with van der Waals surface area (Å²) < 4.78 is 34.0. The van der Waals surface area contributed by atoms with Gasteiger partial charge in [0.15, 0.2) is 0 Å². The van der Waals surface area contributed by atoms with Crippen LogP contribution < -0.4 is 0 Å². The normalized spacial score (nSPS) is 12.6. The molecule has 5 heteroatoms. The van der Waals surface area contributed by atoms with Crippen molar-refractivity contribution in [1.82, 2.24) is 0 Å². The van der Waals surface area contributed by atoms with E-state index in [9.17, 15) is 13.0 Å². The molecule has 1 rings (SSSR count). The van der Waals surface area contributed by atoms with Gasteiger partial charge in [0.25, 0.3) is 10.1 Å². The Hall–Kier alpha value is -0.910. The Labute approximate surface area is 149 Å². The fourth-order valence-corrected chi connectivity index (χ4v) is 3.37. The van der Waals surface area contributed by atoms with Crippen LogP contribution in [0, 0.1) is 0 Å². The SMILES string of the molecule is CC(C)c1cc(C(C)C)c(S(=O)(=O)O)c(C(C)C)c1.C[N+](C)(C)C. The summed E-state index contributed by atoms with van der Waals surface area (Å²) in [4.78, 5) is 0.0990. The van der Waals surface area contributed by atoms with Gasteiger partial charge in [0.2, 0.25) is 0 Å². The molecule has 0 saturated carbocycles. The number of nitrogens with zero attached hydrogens (tertiary/aromatic N) is 1. The van der Waals surface area contributed by atoms with Crippen LogP contribution in [0.3, 0.4) is 0 Å². The second kappa shape index (κ2) is 8.45. The number of quaternary nitrogens is 1. The van der Waals surface area contributed by atoms with E-state index in [1.807, 2.05) is 39.8 Å². The van der Waals surface area contributed by atoms with Crippen molar-refractivity contribution in [3.05, 3.63) is 28.8 Å². The molecule has 0 radical (unpaired) electrons. The van der Waals surface area contributed by atoms with E-state index in [0.29, 0.717) is 17.0 Å². The van der Waals surface area contributed by atoms with Crippen LogP contribution in [-0.2, 0) is 10.1 Å². The number of rotatable bonds is 4. The summed E-state index contributed by atoms with van der Waals surface area (Å²) in [7, 11) is 4.30. The minimum absolute atomic E-state index is 0.0492. The fraction of sp³-hybridized carbons (Fsp3) is 0.684. The van der Waals surface area contributed by atoms with Gasteiger partial charge in [-0.1, -0.05) is 53.7 Å². The first-order chi connectivity index (χ1) is 10.6. The highest BCUT2D eigenvalue weighted by molar-refractivity contribution is 7.86. The Bertz CT molecular complexity index is 604. The second-order valence-electron chi connectivity index (χ2n) is 8.65. The molecule has 0 amide bonds. The number of benzene rings is 1. The average molecular weight is 359 g/mol. The predicted octanol–water partition coefficient (Wildman–Crippen LogP) is 4.63. The summed E-state index contributed by atoms with van der Waals surface area (Å²) in [6, 6.07) is 3.81. The van der Waals surface area contributed by atoms with Gasteiger partial charge in [-0.25, -0.2) is 0 Å². The molecule has 0 fully saturated rings. The molecule has 0 saturated heterocycles. The maximum atomic E-state index is 11.7. The fourth-order valence-electron chi connectivity index (χ4n) is 2.19. The molecule has 0 spiro atoms. The molecule has 140 valence electrons. The van der Waals surface area contributed by atoms with Crippen LogP contribution in [0.4, 0.5) is 0 Å². The Morgan fingerprint density at radius 2 is 1.08 bits per heavy atom. The van der Waals surface area contributed by atoms with Crippen molar-refractivity contribution in [3.8, 4) is 0 Å². The minimum atomic E-state index is -4.20. The van der Waals surface area contributed by atoms with Crippen molar-refractivity contribution in [2.24, 2.45) is 0 Å². The van der Waals surface area contributed by atoms with Crippen molar-refractivity contribution in [2.45, 2.75) is 64.2 Å². The van der Waals surface area contributed by atoms with Gasteiger partial charge < -0.3 is 4.48 Å². The molecule has 0 bridgehead atoms. The summed E-state index contributed by atoms with van der Waals surface area (Å²) >= 11 is 0. The Balaban J connectivity index is 0.000000922. The summed E-state index contributed by atoms with van der Waals surface area (Å²) in [5, 5.41) is 0. The average Bonchev–Trinajstić information content (AvgIpc) is 2.33. The first kappa shape index (κ1) is 23.1. The summed E-state index contributed by atoms with van der Waals surface area (Å²) in [6.45, 7) is 11.9. The monoisotopic (exact) mass is 358 g/mol. The quantitative estimate of drug-likeness (QED) is 0.631. The molecule has 1 N–H and O–H groups in total. The van der Waals surface area contributed by atoms with Gasteiger partial charge in [0.05, 0.1) is 28.2 Å². The highest BCUT2D eigenvalue weighted by atomic mass is 32.2. The highest BCUT2D eigenvalue weighted by Crippen LogP contribution is 2.34. The molecule has 1 aromatic carbocycles. The van der Waals surface area contributed by atoms with Crippen LogP contribution >= 0.6 is 0 Å². The molecule has 1 aromatic rings. The van der Waals surface area contributed by atoms with Crippen LogP contribution in [0.1, 0.15) is 76.0 Å². The summed E-state index contributed by atoms with van der Waals surface area (Å²) in [5.41, 5.74) is 2.52. The molecule has 0 aliphatic rings. The molecule has 0 aromatic heterocycles. The van der Waals surface area contributed by atoms with Gasteiger partial charge in [-0.2, -0.15) is 8.42 Å². The molecule has 24 heavy (non-hydrogen) atoms. The first-order valence-corrected chi connectivity index (χ1v) is 9.93.